The fourth-order valence-corrected chi connectivity index (χ4v) is 5.86. The first kappa shape index (κ1) is 23.1. The lowest BCUT2D eigenvalue weighted by Crippen LogP contribution is -2.47. The molecule has 0 aliphatic carbocycles. The van der Waals surface area contributed by atoms with Crippen molar-refractivity contribution in [2.24, 2.45) is 0 Å². The third kappa shape index (κ3) is 3.91. The smallest absolute Gasteiger partial charge is 0.337 e. The Kier molecular flexibility index (Phi) is 6.52. The Balaban J connectivity index is 1.91. The second-order valence-electron chi connectivity index (χ2n) is 8.22. The van der Waals surface area contributed by atoms with Crippen LogP contribution >= 0.6 is 34.5 Å². The van der Waals surface area contributed by atoms with Crippen LogP contribution in [0.5, 0.6) is 0 Å². The molecule has 9 heteroatoms. The molecule has 1 fully saturated rings. The van der Waals surface area contributed by atoms with Gasteiger partial charge in [0.1, 0.15) is 11.4 Å². The van der Waals surface area contributed by atoms with E-state index in [1.165, 1.54) is 22.0 Å². The average Bonchev–Trinajstić information content (AvgIpc) is 3.08. The average molecular weight is 494 g/mol. The van der Waals surface area contributed by atoms with Gasteiger partial charge in [0, 0.05) is 17.5 Å². The summed E-state index contributed by atoms with van der Waals surface area (Å²) in [5.41, 5.74) is 0.165. The summed E-state index contributed by atoms with van der Waals surface area (Å²) in [4.78, 5) is 43.6. The van der Waals surface area contributed by atoms with Gasteiger partial charge >= 0.3 is 5.69 Å². The lowest BCUT2D eigenvalue weighted by Gasteiger charge is -2.35. The number of likely N-dealkylation sites (tertiary alicyclic amines) is 1. The third-order valence-corrected chi connectivity index (χ3v) is 8.29. The largest absolute Gasteiger partial charge is 0.338 e. The Bertz CT molecular complexity index is 1320. The standard InChI is InChI=1S/C23H25Cl2N3O3S/c1-4-15-7-5-6-10-26(15)19(29)12-27-22-20(13(2)14(3)32-22)21(30)28(23(27)31)16-8-9-17(24)18(25)11-16/h8-9,11,15H,4-7,10,12H2,1-3H3. The zero-order valence-corrected chi connectivity index (χ0v) is 20.6. The van der Waals surface area contributed by atoms with Crippen molar-refractivity contribution in [3.8, 4) is 5.69 Å². The number of amides is 1. The van der Waals surface area contributed by atoms with Crippen LogP contribution in [0.3, 0.4) is 0 Å². The molecule has 3 aromatic rings. The van der Waals surface area contributed by atoms with Gasteiger partial charge < -0.3 is 4.90 Å². The van der Waals surface area contributed by atoms with E-state index in [9.17, 15) is 14.4 Å². The topological polar surface area (TPSA) is 64.3 Å². The number of halogens is 2. The van der Waals surface area contributed by atoms with Gasteiger partial charge in [0.15, 0.2) is 0 Å². The van der Waals surface area contributed by atoms with Crippen LogP contribution in [-0.2, 0) is 11.3 Å². The highest BCUT2D eigenvalue weighted by molar-refractivity contribution is 7.18. The first-order valence-electron chi connectivity index (χ1n) is 10.7. The minimum atomic E-state index is -0.555. The molecule has 32 heavy (non-hydrogen) atoms. The van der Waals surface area contributed by atoms with E-state index in [4.69, 9.17) is 23.2 Å². The lowest BCUT2D eigenvalue weighted by atomic mass is 10.00. The van der Waals surface area contributed by atoms with E-state index in [0.29, 0.717) is 27.5 Å². The van der Waals surface area contributed by atoms with E-state index in [1.54, 1.807) is 12.1 Å². The maximum Gasteiger partial charge on any atom is 0.337 e. The van der Waals surface area contributed by atoms with Crippen LogP contribution in [0.1, 0.15) is 43.0 Å². The fourth-order valence-electron chi connectivity index (χ4n) is 4.43. The normalized spacial score (nSPS) is 16.7. The molecule has 1 amide bonds. The van der Waals surface area contributed by atoms with Gasteiger partial charge in [-0.05, 0) is 63.3 Å². The van der Waals surface area contributed by atoms with Gasteiger partial charge in [-0.25, -0.2) is 9.36 Å². The van der Waals surface area contributed by atoms with Crippen LogP contribution in [0.2, 0.25) is 10.0 Å². The zero-order chi connectivity index (χ0) is 23.2. The van der Waals surface area contributed by atoms with Crippen molar-refractivity contribution in [3.63, 3.8) is 0 Å². The molecule has 0 bridgehead atoms. The maximum atomic E-state index is 13.6. The molecule has 1 unspecified atom stereocenters. The number of hydrogen-bond acceptors (Lipinski definition) is 4. The highest BCUT2D eigenvalue weighted by Gasteiger charge is 2.27. The Labute approximate surface area is 200 Å². The molecule has 170 valence electrons. The molecule has 1 atom stereocenters. The molecule has 0 radical (unpaired) electrons. The fraction of sp³-hybridized carbons (Fsp3) is 0.435. The molecule has 1 aliphatic heterocycles. The minimum absolute atomic E-state index is 0.0945. The predicted molar refractivity (Wildman–Crippen MR) is 131 cm³/mol. The van der Waals surface area contributed by atoms with E-state index < -0.39 is 11.2 Å². The van der Waals surface area contributed by atoms with Crippen molar-refractivity contribution in [3.05, 3.63) is 59.5 Å². The molecular formula is C23H25Cl2N3O3S. The monoisotopic (exact) mass is 493 g/mol. The molecule has 2 aromatic heterocycles. The summed E-state index contributed by atoms with van der Waals surface area (Å²) in [5.74, 6) is -0.0945. The number of rotatable bonds is 4. The quantitative estimate of drug-likeness (QED) is 0.517. The third-order valence-electron chi connectivity index (χ3n) is 6.32. The molecule has 1 saturated heterocycles. The summed E-state index contributed by atoms with van der Waals surface area (Å²) < 4.78 is 2.53. The molecule has 1 aliphatic rings. The minimum Gasteiger partial charge on any atom is -0.338 e. The Morgan fingerprint density at radius 3 is 2.59 bits per heavy atom. The van der Waals surface area contributed by atoms with Crippen molar-refractivity contribution in [2.45, 2.75) is 59.0 Å². The van der Waals surface area contributed by atoms with Gasteiger partial charge in [0.2, 0.25) is 5.91 Å². The van der Waals surface area contributed by atoms with E-state index in [1.807, 2.05) is 18.7 Å². The molecule has 6 nitrogen and oxygen atoms in total. The van der Waals surface area contributed by atoms with Crippen molar-refractivity contribution in [1.82, 2.24) is 14.0 Å². The van der Waals surface area contributed by atoms with E-state index in [-0.39, 0.29) is 23.5 Å². The molecule has 1 aromatic carbocycles. The number of piperidine rings is 1. The lowest BCUT2D eigenvalue weighted by molar-refractivity contribution is -0.135. The summed E-state index contributed by atoms with van der Waals surface area (Å²) >= 11 is 13.6. The van der Waals surface area contributed by atoms with Crippen molar-refractivity contribution in [2.75, 3.05) is 6.54 Å². The number of aromatic nitrogens is 2. The van der Waals surface area contributed by atoms with Crippen LogP contribution < -0.4 is 11.2 Å². The number of benzene rings is 1. The highest BCUT2D eigenvalue weighted by atomic mass is 35.5. The van der Waals surface area contributed by atoms with Crippen LogP contribution in [-0.4, -0.2) is 32.5 Å². The highest BCUT2D eigenvalue weighted by Crippen LogP contribution is 2.29. The van der Waals surface area contributed by atoms with E-state index >= 15 is 0 Å². The molecule has 0 spiro atoms. The number of hydrogen-bond donors (Lipinski definition) is 0. The van der Waals surface area contributed by atoms with Gasteiger partial charge in [0.05, 0.1) is 21.1 Å². The maximum absolute atomic E-state index is 13.6. The number of nitrogens with zero attached hydrogens (tertiary/aromatic N) is 3. The van der Waals surface area contributed by atoms with Crippen LogP contribution in [0.4, 0.5) is 0 Å². The zero-order valence-electron chi connectivity index (χ0n) is 18.3. The Morgan fingerprint density at radius 2 is 1.91 bits per heavy atom. The summed E-state index contributed by atoms with van der Waals surface area (Å²) in [6.07, 6.45) is 3.94. The Morgan fingerprint density at radius 1 is 1.16 bits per heavy atom. The van der Waals surface area contributed by atoms with Crippen molar-refractivity contribution < 1.29 is 4.79 Å². The van der Waals surface area contributed by atoms with E-state index in [0.717, 1.165) is 40.7 Å². The van der Waals surface area contributed by atoms with Crippen molar-refractivity contribution >= 4 is 50.7 Å². The van der Waals surface area contributed by atoms with Gasteiger partial charge in [-0.3, -0.25) is 14.2 Å². The number of aryl methyl sites for hydroxylation is 2. The van der Waals surface area contributed by atoms with Gasteiger partial charge in [-0.15, -0.1) is 11.3 Å². The molecular weight excluding hydrogens is 469 g/mol. The summed E-state index contributed by atoms with van der Waals surface area (Å²) in [7, 11) is 0. The number of carbonyl (C=O) groups is 1. The van der Waals surface area contributed by atoms with Crippen molar-refractivity contribution in [1.29, 1.82) is 0 Å². The molecule has 0 saturated carbocycles. The first-order valence-corrected chi connectivity index (χ1v) is 12.3. The van der Waals surface area contributed by atoms with Gasteiger partial charge in [-0.1, -0.05) is 30.1 Å². The molecule has 3 heterocycles. The van der Waals surface area contributed by atoms with Crippen LogP contribution in [0.25, 0.3) is 15.9 Å². The van der Waals surface area contributed by atoms with Gasteiger partial charge in [-0.2, -0.15) is 0 Å². The number of thiophene rings is 1. The summed E-state index contributed by atoms with van der Waals surface area (Å²) in [6, 6.07) is 4.82. The van der Waals surface area contributed by atoms with Crippen LogP contribution in [0.15, 0.2) is 27.8 Å². The number of fused-ring (bicyclic) bond motifs is 1. The number of carbonyl (C=O) groups excluding carboxylic acids is 1. The first-order chi connectivity index (χ1) is 15.2. The van der Waals surface area contributed by atoms with E-state index in [2.05, 4.69) is 6.92 Å². The summed E-state index contributed by atoms with van der Waals surface area (Å²) in [6.45, 7) is 6.45. The van der Waals surface area contributed by atoms with Gasteiger partial charge in [0.25, 0.3) is 5.56 Å². The second-order valence-corrected chi connectivity index (χ2v) is 10.2. The summed E-state index contributed by atoms with van der Waals surface area (Å²) in [5, 5.41) is 1.03. The second kappa shape index (κ2) is 9.04. The SMILES string of the molecule is CCC1CCCCN1C(=O)Cn1c(=O)n(-c2ccc(Cl)c(Cl)c2)c(=O)c2c(C)c(C)sc21. The van der Waals surface area contributed by atoms with Crippen LogP contribution in [0, 0.1) is 13.8 Å². The molecule has 4 rings (SSSR count). The molecule has 0 N–H and O–H groups in total. The Hall–Kier alpha value is -2.09. The predicted octanol–water partition coefficient (Wildman–Crippen LogP) is 4.93.